The predicted octanol–water partition coefficient (Wildman–Crippen LogP) is 2.27. The maximum Gasteiger partial charge on any atom is 0.237 e. The highest BCUT2D eigenvalue weighted by Crippen LogP contribution is 2.30. The number of nitrogens with zero attached hydrogens (tertiary/aromatic N) is 1. The molecule has 1 aliphatic heterocycles. The molecular formula is C22H26FN3O. The second-order valence-electron chi connectivity index (χ2n) is 7.60. The Morgan fingerprint density at radius 1 is 1.15 bits per heavy atom. The minimum absolute atomic E-state index is 0.0843. The van der Waals surface area contributed by atoms with Gasteiger partial charge in [0, 0.05) is 32.2 Å². The average molecular weight is 367 g/mol. The van der Waals surface area contributed by atoms with Crippen molar-refractivity contribution in [2.75, 3.05) is 13.6 Å². The second kappa shape index (κ2) is 7.79. The van der Waals surface area contributed by atoms with Gasteiger partial charge in [0.15, 0.2) is 0 Å². The molecule has 1 fully saturated rings. The highest BCUT2D eigenvalue weighted by molar-refractivity contribution is 5.82. The third-order valence-electron chi connectivity index (χ3n) is 5.87. The van der Waals surface area contributed by atoms with E-state index in [2.05, 4.69) is 39.8 Å². The van der Waals surface area contributed by atoms with E-state index in [0.717, 1.165) is 31.4 Å². The summed E-state index contributed by atoms with van der Waals surface area (Å²) in [6.45, 7) is 1.45. The molecule has 27 heavy (non-hydrogen) atoms. The molecule has 2 aromatic carbocycles. The van der Waals surface area contributed by atoms with Crippen molar-refractivity contribution in [2.24, 2.45) is 0 Å². The van der Waals surface area contributed by atoms with E-state index in [4.69, 9.17) is 0 Å². The Hall–Kier alpha value is -2.24. The van der Waals surface area contributed by atoms with Gasteiger partial charge >= 0.3 is 0 Å². The van der Waals surface area contributed by atoms with Gasteiger partial charge in [-0.2, -0.15) is 0 Å². The number of hydrogen-bond acceptors (Lipinski definition) is 3. The summed E-state index contributed by atoms with van der Waals surface area (Å²) in [6, 6.07) is 15.7. The van der Waals surface area contributed by atoms with E-state index in [0.29, 0.717) is 12.6 Å². The lowest BCUT2D eigenvalue weighted by atomic mass is 10.1. The van der Waals surface area contributed by atoms with Gasteiger partial charge in [-0.15, -0.1) is 0 Å². The summed E-state index contributed by atoms with van der Waals surface area (Å²) in [5.74, 6) is -0.129. The highest BCUT2D eigenvalue weighted by atomic mass is 19.1. The van der Waals surface area contributed by atoms with E-state index in [1.165, 1.54) is 17.2 Å². The third kappa shape index (κ3) is 3.89. The molecule has 142 valence electrons. The molecule has 5 heteroatoms. The van der Waals surface area contributed by atoms with E-state index in [1.54, 1.807) is 19.2 Å². The zero-order chi connectivity index (χ0) is 18.8. The van der Waals surface area contributed by atoms with Crippen LogP contribution in [0.3, 0.4) is 0 Å². The molecule has 1 heterocycles. The van der Waals surface area contributed by atoms with Crippen LogP contribution >= 0.6 is 0 Å². The van der Waals surface area contributed by atoms with E-state index < -0.39 is 0 Å². The summed E-state index contributed by atoms with van der Waals surface area (Å²) in [4.78, 5) is 14.9. The molecule has 2 aliphatic rings. The number of benzene rings is 2. The second-order valence-corrected chi connectivity index (χ2v) is 7.60. The Kier molecular flexibility index (Phi) is 5.23. The average Bonchev–Trinajstić information content (AvgIpc) is 3.29. The number of likely N-dealkylation sites (N-methyl/N-ethyl adjacent to an activating group) is 1. The monoisotopic (exact) mass is 367 g/mol. The number of nitrogens with one attached hydrogen (secondary N) is 2. The van der Waals surface area contributed by atoms with Gasteiger partial charge in [-0.25, -0.2) is 4.39 Å². The van der Waals surface area contributed by atoms with Crippen LogP contribution in [-0.2, 0) is 24.2 Å². The van der Waals surface area contributed by atoms with E-state index in [9.17, 15) is 9.18 Å². The number of carbonyl (C=O) groups is 1. The lowest BCUT2D eigenvalue weighted by Gasteiger charge is -2.29. The Morgan fingerprint density at radius 3 is 2.56 bits per heavy atom. The van der Waals surface area contributed by atoms with Crippen LogP contribution in [0.1, 0.15) is 23.1 Å². The first kappa shape index (κ1) is 18.1. The van der Waals surface area contributed by atoms with E-state index in [1.807, 2.05) is 6.07 Å². The number of halogens is 1. The molecule has 0 unspecified atom stereocenters. The zero-order valence-electron chi connectivity index (χ0n) is 15.6. The van der Waals surface area contributed by atoms with Crippen molar-refractivity contribution in [2.45, 2.75) is 43.9 Å². The Balaban J connectivity index is 1.44. The quantitative estimate of drug-likeness (QED) is 0.852. The number of hydrogen-bond donors (Lipinski definition) is 2. The van der Waals surface area contributed by atoms with Crippen molar-refractivity contribution in [1.29, 1.82) is 0 Å². The lowest BCUT2D eigenvalue weighted by Crippen LogP contribution is -2.47. The molecule has 1 saturated heterocycles. The smallest absolute Gasteiger partial charge is 0.237 e. The van der Waals surface area contributed by atoms with Crippen LogP contribution in [0.5, 0.6) is 0 Å². The SMILES string of the molecule is CNC(=O)[C@@H]1C[C@@H](NCc2cccc(F)c2)CN1C1Cc2ccccc2C1. The summed E-state index contributed by atoms with van der Waals surface area (Å²) < 4.78 is 13.4. The number of fused-ring (bicyclic) bond motifs is 1. The highest BCUT2D eigenvalue weighted by Gasteiger charge is 2.41. The van der Waals surface area contributed by atoms with Gasteiger partial charge in [0.1, 0.15) is 5.82 Å². The van der Waals surface area contributed by atoms with Crippen molar-refractivity contribution in [1.82, 2.24) is 15.5 Å². The first-order valence-electron chi connectivity index (χ1n) is 9.66. The van der Waals surface area contributed by atoms with Crippen LogP contribution in [0.15, 0.2) is 48.5 Å². The van der Waals surface area contributed by atoms with Crippen LogP contribution in [0.2, 0.25) is 0 Å². The first-order valence-corrected chi connectivity index (χ1v) is 9.66. The molecule has 4 nitrogen and oxygen atoms in total. The topological polar surface area (TPSA) is 44.4 Å². The number of rotatable bonds is 5. The molecular weight excluding hydrogens is 341 g/mol. The van der Waals surface area contributed by atoms with Crippen LogP contribution in [0, 0.1) is 5.82 Å². The zero-order valence-corrected chi connectivity index (χ0v) is 15.6. The molecule has 4 rings (SSSR count). The van der Waals surface area contributed by atoms with Gasteiger partial charge < -0.3 is 10.6 Å². The summed E-state index contributed by atoms with van der Waals surface area (Å²) >= 11 is 0. The Morgan fingerprint density at radius 2 is 1.89 bits per heavy atom. The van der Waals surface area contributed by atoms with Crippen LogP contribution < -0.4 is 10.6 Å². The van der Waals surface area contributed by atoms with Crippen molar-refractivity contribution in [3.63, 3.8) is 0 Å². The van der Waals surface area contributed by atoms with Gasteiger partial charge in [0.2, 0.25) is 5.91 Å². The minimum Gasteiger partial charge on any atom is -0.358 e. The Labute approximate surface area is 159 Å². The number of likely N-dealkylation sites (tertiary alicyclic amines) is 1. The normalized spacial score (nSPS) is 22.7. The van der Waals surface area contributed by atoms with Crippen molar-refractivity contribution in [3.05, 3.63) is 71.0 Å². The van der Waals surface area contributed by atoms with Crippen molar-refractivity contribution in [3.8, 4) is 0 Å². The number of carbonyl (C=O) groups excluding carboxylic acids is 1. The fraction of sp³-hybridized carbons (Fsp3) is 0.409. The lowest BCUT2D eigenvalue weighted by molar-refractivity contribution is -0.125. The van der Waals surface area contributed by atoms with Gasteiger partial charge in [0.25, 0.3) is 0 Å². The molecule has 0 aromatic heterocycles. The van der Waals surface area contributed by atoms with Gasteiger partial charge in [-0.05, 0) is 48.1 Å². The maximum atomic E-state index is 13.4. The number of amides is 1. The van der Waals surface area contributed by atoms with E-state index in [-0.39, 0.29) is 23.8 Å². The molecule has 2 atom stereocenters. The molecule has 1 amide bonds. The first-order chi connectivity index (χ1) is 13.1. The fourth-order valence-electron chi connectivity index (χ4n) is 4.52. The molecule has 0 bridgehead atoms. The maximum absolute atomic E-state index is 13.4. The summed E-state index contributed by atoms with van der Waals surface area (Å²) in [5, 5.41) is 6.35. The Bertz CT molecular complexity index is 800. The predicted molar refractivity (Wildman–Crippen MR) is 104 cm³/mol. The largest absolute Gasteiger partial charge is 0.358 e. The van der Waals surface area contributed by atoms with E-state index >= 15 is 0 Å². The van der Waals surface area contributed by atoms with Crippen molar-refractivity contribution < 1.29 is 9.18 Å². The summed E-state index contributed by atoms with van der Waals surface area (Å²) in [7, 11) is 1.71. The standard InChI is InChI=1S/C22H26FN3O/c1-24-22(27)21-12-19(25-13-15-5-4-8-18(23)9-15)14-26(21)20-10-16-6-2-3-7-17(16)11-20/h2-9,19-21,25H,10-14H2,1H3,(H,24,27)/t19-,21+/m1/s1. The third-order valence-corrected chi connectivity index (χ3v) is 5.87. The minimum atomic E-state index is -0.214. The van der Waals surface area contributed by atoms with Crippen LogP contribution in [-0.4, -0.2) is 42.5 Å². The molecule has 0 spiro atoms. The van der Waals surface area contributed by atoms with Gasteiger partial charge in [-0.3, -0.25) is 9.69 Å². The van der Waals surface area contributed by atoms with Gasteiger partial charge in [-0.1, -0.05) is 36.4 Å². The molecule has 0 radical (unpaired) electrons. The molecule has 2 aromatic rings. The summed E-state index contributed by atoms with van der Waals surface area (Å²) in [5.41, 5.74) is 3.72. The molecule has 1 aliphatic carbocycles. The molecule has 0 saturated carbocycles. The van der Waals surface area contributed by atoms with Crippen LogP contribution in [0.4, 0.5) is 4.39 Å². The van der Waals surface area contributed by atoms with Crippen LogP contribution in [0.25, 0.3) is 0 Å². The fourth-order valence-corrected chi connectivity index (χ4v) is 4.52. The van der Waals surface area contributed by atoms with Gasteiger partial charge in [0.05, 0.1) is 6.04 Å². The molecule has 2 N–H and O–H groups in total. The van der Waals surface area contributed by atoms with Crippen molar-refractivity contribution >= 4 is 5.91 Å². The summed E-state index contributed by atoms with van der Waals surface area (Å²) in [6.07, 6.45) is 2.78.